The quantitative estimate of drug-likeness (QED) is 0.873. The second kappa shape index (κ2) is 4.53. The third-order valence-electron chi connectivity index (χ3n) is 4.37. The van der Waals surface area contributed by atoms with Crippen LogP contribution in [0.3, 0.4) is 0 Å². The lowest BCUT2D eigenvalue weighted by Crippen LogP contribution is -2.41. The molecule has 1 saturated carbocycles. The van der Waals surface area contributed by atoms with Crippen LogP contribution in [0.25, 0.3) is 0 Å². The minimum absolute atomic E-state index is 0.469. The van der Waals surface area contributed by atoms with Crippen LogP contribution in [0.15, 0.2) is 24.3 Å². The summed E-state index contributed by atoms with van der Waals surface area (Å²) in [7, 11) is 0. The highest BCUT2D eigenvalue weighted by Crippen LogP contribution is 2.39. The van der Waals surface area contributed by atoms with E-state index in [-0.39, 0.29) is 0 Å². The van der Waals surface area contributed by atoms with E-state index in [1.54, 1.807) is 0 Å². The Morgan fingerprint density at radius 2 is 2.00 bits per heavy atom. The monoisotopic (exact) mass is 261 g/mol. The van der Waals surface area contributed by atoms with Crippen molar-refractivity contribution in [2.75, 3.05) is 18.0 Å². The number of aliphatic carboxylic acids is 1. The number of carbonyl (C=O) groups is 1. The van der Waals surface area contributed by atoms with Crippen molar-refractivity contribution in [1.82, 2.24) is 0 Å². The number of aliphatic hydroxyl groups is 1. The molecule has 1 fully saturated rings. The average Bonchev–Trinajstić information content (AvgIpc) is 2.95. The number of hydrogen-bond acceptors (Lipinski definition) is 3. The summed E-state index contributed by atoms with van der Waals surface area (Å²) in [6.45, 7) is 1.02. The minimum atomic E-state index is -0.784. The molecule has 1 atom stereocenters. The van der Waals surface area contributed by atoms with Gasteiger partial charge in [-0.1, -0.05) is 31.0 Å². The van der Waals surface area contributed by atoms with E-state index < -0.39 is 17.5 Å². The predicted molar refractivity (Wildman–Crippen MR) is 72.4 cm³/mol. The molecule has 0 saturated heterocycles. The molecule has 0 radical (unpaired) electrons. The number of β-amino-alcohol motifs (C(OH)–C–C–N with tert-alkyl or cyclic N) is 1. The summed E-state index contributed by atoms with van der Waals surface area (Å²) in [6, 6.07) is 7.64. The maximum atomic E-state index is 11.3. The van der Waals surface area contributed by atoms with Crippen molar-refractivity contribution < 1.29 is 15.0 Å². The van der Waals surface area contributed by atoms with E-state index in [9.17, 15) is 15.0 Å². The zero-order chi connectivity index (χ0) is 13.5. The van der Waals surface area contributed by atoms with Gasteiger partial charge in [-0.05, 0) is 24.5 Å². The van der Waals surface area contributed by atoms with E-state index in [4.69, 9.17) is 0 Å². The van der Waals surface area contributed by atoms with Crippen LogP contribution < -0.4 is 4.90 Å². The average molecular weight is 261 g/mol. The third kappa shape index (κ3) is 2.21. The maximum Gasteiger partial charge on any atom is 0.312 e. The summed E-state index contributed by atoms with van der Waals surface area (Å²) < 4.78 is 0. The van der Waals surface area contributed by atoms with Gasteiger partial charge in [0, 0.05) is 18.8 Å². The first-order valence-electron chi connectivity index (χ1n) is 6.88. The normalized spacial score (nSPS) is 24.5. The van der Waals surface area contributed by atoms with Gasteiger partial charge in [0.15, 0.2) is 0 Å². The van der Waals surface area contributed by atoms with Gasteiger partial charge in [-0.25, -0.2) is 0 Å². The summed E-state index contributed by atoms with van der Waals surface area (Å²) in [5.74, 6) is -1.26. The Morgan fingerprint density at radius 1 is 1.32 bits per heavy atom. The van der Waals surface area contributed by atoms with Gasteiger partial charge >= 0.3 is 5.97 Å². The van der Waals surface area contributed by atoms with Crippen LogP contribution in [0, 0.1) is 0 Å². The molecule has 0 aromatic heterocycles. The number of benzene rings is 1. The van der Waals surface area contributed by atoms with Crippen LogP contribution in [-0.4, -0.2) is 34.9 Å². The van der Waals surface area contributed by atoms with Gasteiger partial charge in [-0.2, -0.15) is 0 Å². The van der Waals surface area contributed by atoms with Crippen LogP contribution in [0.1, 0.15) is 37.2 Å². The lowest BCUT2D eigenvalue weighted by molar-refractivity contribution is -0.138. The van der Waals surface area contributed by atoms with Gasteiger partial charge < -0.3 is 15.1 Å². The summed E-state index contributed by atoms with van der Waals surface area (Å²) in [5, 5.41) is 19.8. The Hall–Kier alpha value is -1.55. The van der Waals surface area contributed by atoms with Gasteiger partial charge in [0.25, 0.3) is 0 Å². The molecule has 1 aromatic carbocycles. The highest BCUT2D eigenvalue weighted by molar-refractivity contribution is 5.83. The number of nitrogens with zero attached hydrogens (tertiary/aromatic N) is 1. The zero-order valence-electron chi connectivity index (χ0n) is 10.9. The van der Waals surface area contributed by atoms with Crippen molar-refractivity contribution >= 4 is 11.7 Å². The van der Waals surface area contributed by atoms with Crippen molar-refractivity contribution in [2.24, 2.45) is 0 Å². The van der Waals surface area contributed by atoms with Crippen molar-refractivity contribution in [3.63, 3.8) is 0 Å². The van der Waals surface area contributed by atoms with Gasteiger partial charge in [-0.3, -0.25) is 4.79 Å². The van der Waals surface area contributed by atoms with Crippen molar-refractivity contribution in [1.29, 1.82) is 0 Å². The molecule has 1 aliphatic heterocycles. The van der Waals surface area contributed by atoms with Gasteiger partial charge in [-0.15, -0.1) is 0 Å². The van der Waals surface area contributed by atoms with Gasteiger partial charge in [0.05, 0.1) is 5.60 Å². The Labute approximate surface area is 112 Å². The number of carboxylic acid groups (broad SMARTS) is 1. The van der Waals surface area contributed by atoms with Crippen LogP contribution in [0.2, 0.25) is 0 Å². The Morgan fingerprint density at radius 3 is 2.68 bits per heavy atom. The van der Waals surface area contributed by atoms with Gasteiger partial charge in [0.2, 0.25) is 0 Å². The van der Waals surface area contributed by atoms with E-state index in [0.29, 0.717) is 13.1 Å². The molecule has 0 amide bonds. The molecule has 2 N–H and O–H groups in total. The number of fused-ring (bicyclic) bond motifs is 1. The fourth-order valence-electron chi connectivity index (χ4n) is 3.39. The molecule has 19 heavy (non-hydrogen) atoms. The molecule has 1 unspecified atom stereocenters. The molecule has 1 aliphatic carbocycles. The molecule has 102 valence electrons. The number of rotatable bonds is 3. The first-order chi connectivity index (χ1) is 9.09. The number of para-hydroxylation sites is 1. The number of anilines is 1. The smallest absolute Gasteiger partial charge is 0.312 e. The van der Waals surface area contributed by atoms with E-state index in [0.717, 1.165) is 36.9 Å². The zero-order valence-corrected chi connectivity index (χ0v) is 10.9. The lowest BCUT2D eigenvalue weighted by Gasteiger charge is -2.30. The van der Waals surface area contributed by atoms with Crippen molar-refractivity contribution in [3.05, 3.63) is 29.8 Å². The number of hydrogen-bond donors (Lipinski definition) is 2. The van der Waals surface area contributed by atoms with E-state index in [1.807, 2.05) is 29.2 Å². The molecular formula is C15H19NO3. The molecule has 0 spiro atoms. The van der Waals surface area contributed by atoms with E-state index in [2.05, 4.69) is 0 Å². The summed E-state index contributed by atoms with van der Waals surface area (Å²) in [4.78, 5) is 13.4. The first kappa shape index (κ1) is 12.5. The fourth-order valence-corrected chi connectivity index (χ4v) is 3.39. The Kier molecular flexibility index (Phi) is 2.97. The molecule has 3 rings (SSSR count). The van der Waals surface area contributed by atoms with E-state index >= 15 is 0 Å². The highest BCUT2D eigenvalue weighted by atomic mass is 16.4. The predicted octanol–water partition coefficient (Wildman–Crippen LogP) is 1.98. The Bertz CT molecular complexity index is 494. The maximum absolute atomic E-state index is 11.3. The largest absolute Gasteiger partial charge is 0.481 e. The van der Waals surface area contributed by atoms with Crippen LogP contribution in [0.5, 0.6) is 0 Å². The molecule has 1 aromatic rings. The van der Waals surface area contributed by atoms with Crippen molar-refractivity contribution in [2.45, 2.75) is 37.2 Å². The minimum Gasteiger partial charge on any atom is -0.481 e. The van der Waals surface area contributed by atoms with Crippen LogP contribution >= 0.6 is 0 Å². The summed E-state index contributed by atoms with van der Waals surface area (Å²) in [5.41, 5.74) is 1.20. The fraction of sp³-hybridized carbons (Fsp3) is 0.533. The molecule has 2 aliphatic rings. The molecule has 0 bridgehead atoms. The highest BCUT2D eigenvalue weighted by Gasteiger charge is 2.39. The molecular weight excluding hydrogens is 242 g/mol. The standard InChI is InChI=1S/C15H19NO3/c17-14(18)12-9-16(10-15(19)7-3-4-8-15)13-6-2-1-5-11(12)13/h1-2,5-6,12,19H,3-4,7-10H2,(H,17,18). The van der Waals surface area contributed by atoms with Crippen molar-refractivity contribution in [3.8, 4) is 0 Å². The topological polar surface area (TPSA) is 60.8 Å². The molecule has 4 heteroatoms. The van der Waals surface area contributed by atoms with Gasteiger partial charge in [0.1, 0.15) is 5.92 Å². The SMILES string of the molecule is O=C(O)C1CN(CC2(O)CCCC2)c2ccccc21. The summed E-state index contributed by atoms with van der Waals surface area (Å²) in [6.07, 6.45) is 3.77. The van der Waals surface area contributed by atoms with Crippen LogP contribution in [0.4, 0.5) is 5.69 Å². The molecule has 4 nitrogen and oxygen atoms in total. The molecule has 1 heterocycles. The second-order valence-electron chi connectivity index (χ2n) is 5.76. The lowest BCUT2D eigenvalue weighted by atomic mass is 10.0. The summed E-state index contributed by atoms with van der Waals surface area (Å²) >= 11 is 0. The second-order valence-corrected chi connectivity index (χ2v) is 5.76. The number of carboxylic acids is 1. The third-order valence-corrected chi connectivity index (χ3v) is 4.37. The van der Waals surface area contributed by atoms with Crippen LogP contribution in [-0.2, 0) is 4.79 Å². The van der Waals surface area contributed by atoms with E-state index in [1.165, 1.54) is 0 Å². The Balaban J connectivity index is 1.86. The first-order valence-corrected chi connectivity index (χ1v) is 6.88.